The molecule has 128 valence electrons. The summed E-state index contributed by atoms with van der Waals surface area (Å²) in [6, 6.07) is 10.8. The molecule has 0 aliphatic rings. The molecule has 0 aliphatic carbocycles. The number of para-hydroxylation sites is 1. The van der Waals surface area contributed by atoms with E-state index in [1.807, 2.05) is 0 Å². The van der Waals surface area contributed by atoms with E-state index >= 15 is 0 Å². The average Bonchev–Trinajstić information content (AvgIpc) is 3.04. The van der Waals surface area contributed by atoms with Gasteiger partial charge in [0.25, 0.3) is 5.22 Å². The normalized spacial score (nSPS) is 10.7. The van der Waals surface area contributed by atoms with Gasteiger partial charge in [0.05, 0.1) is 22.0 Å². The van der Waals surface area contributed by atoms with Crippen molar-refractivity contribution in [2.45, 2.75) is 5.22 Å². The zero-order valence-corrected chi connectivity index (χ0v) is 14.8. The Morgan fingerprint density at radius 1 is 1.20 bits per heavy atom. The lowest BCUT2D eigenvalue weighted by Gasteiger charge is -2.04. The quantitative estimate of drug-likeness (QED) is 0.619. The molecule has 5 nitrogen and oxygen atoms in total. The van der Waals surface area contributed by atoms with Gasteiger partial charge in [-0.05, 0) is 30.3 Å². The monoisotopic (exact) mass is 397 g/mol. The fraction of sp³-hybridized carbons (Fsp3) is 0.0625. The van der Waals surface area contributed by atoms with Crippen LogP contribution in [0.1, 0.15) is 0 Å². The molecule has 3 rings (SSSR count). The number of anilines is 1. The number of aromatic nitrogens is 2. The van der Waals surface area contributed by atoms with Crippen LogP contribution in [0.15, 0.2) is 52.1 Å². The molecular weight excluding hydrogens is 388 g/mol. The molecule has 9 heteroatoms. The minimum Gasteiger partial charge on any atom is -0.411 e. The Morgan fingerprint density at radius 2 is 2.00 bits per heavy atom. The lowest BCUT2D eigenvalue weighted by atomic mass is 10.2. The van der Waals surface area contributed by atoms with Gasteiger partial charge in [-0.3, -0.25) is 4.79 Å². The summed E-state index contributed by atoms with van der Waals surface area (Å²) in [5.41, 5.74) is 0.661. The third-order valence-electron chi connectivity index (χ3n) is 3.04. The summed E-state index contributed by atoms with van der Waals surface area (Å²) >= 11 is 13.0. The molecule has 1 heterocycles. The summed E-state index contributed by atoms with van der Waals surface area (Å²) in [5.74, 6) is -0.680. The van der Waals surface area contributed by atoms with Crippen LogP contribution < -0.4 is 5.32 Å². The van der Waals surface area contributed by atoms with Crippen LogP contribution in [0.4, 0.5) is 10.1 Å². The Labute approximate surface area is 156 Å². The number of hydrogen-bond acceptors (Lipinski definition) is 5. The average molecular weight is 398 g/mol. The Hall–Kier alpha value is -2.09. The van der Waals surface area contributed by atoms with Gasteiger partial charge in [0.1, 0.15) is 5.82 Å². The lowest BCUT2D eigenvalue weighted by Crippen LogP contribution is -2.14. The molecule has 0 aliphatic heterocycles. The highest BCUT2D eigenvalue weighted by Crippen LogP contribution is 2.31. The zero-order chi connectivity index (χ0) is 17.8. The topological polar surface area (TPSA) is 68.0 Å². The third kappa shape index (κ3) is 4.50. The van der Waals surface area contributed by atoms with E-state index in [1.54, 1.807) is 30.3 Å². The molecule has 0 bridgehead atoms. The molecule has 2 aromatic carbocycles. The van der Waals surface area contributed by atoms with Crippen molar-refractivity contribution in [2.75, 3.05) is 11.1 Å². The van der Waals surface area contributed by atoms with E-state index in [4.69, 9.17) is 27.6 Å². The Morgan fingerprint density at radius 3 is 2.76 bits per heavy atom. The lowest BCUT2D eigenvalue weighted by molar-refractivity contribution is -0.113. The van der Waals surface area contributed by atoms with Crippen molar-refractivity contribution in [3.63, 3.8) is 0 Å². The Balaban J connectivity index is 1.62. The molecule has 0 atom stereocenters. The molecule has 0 saturated carbocycles. The van der Waals surface area contributed by atoms with Crippen molar-refractivity contribution in [2.24, 2.45) is 0 Å². The van der Waals surface area contributed by atoms with Gasteiger partial charge in [0.2, 0.25) is 11.8 Å². The molecule has 0 spiro atoms. The Kier molecular flexibility index (Phi) is 5.57. The number of benzene rings is 2. The molecule has 1 N–H and O–H groups in total. The fourth-order valence-corrected chi connectivity index (χ4v) is 2.97. The fourth-order valence-electron chi connectivity index (χ4n) is 1.92. The van der Waals surface area contributed by atoms with Crippen molar-refractivity contribution in [1.29, 1.82) is 0 Å². The van der Waals surface area contributed by atoms with Crippen molar-refractivity contribution in [3.05, 3.63) is 58.3 Å². The highest BCUT2D eigenvalue weighted by Gasteiger charge is 2.14. The first kappa shape index (κ1) is 17.7. The van der Waals surface area contributed by atoms with Crippen LogP contribution in [-0.2, 0) is 4.79 Å². The first-order chi connectivity index (χ1) is 12.0. The molecular formula is C16H10Cl2FN3O2S. The van der Waals surface area contributed by atoms with Gasteiger partial charge < -0.3 is 9.73 Å². The maximum atomic E-state index is 13.5. The number of amides is 1. The van der Waals surface area contributed by atoms with Gasteiger partial charge >= 0.3 is 0 Å². The van der Waals surface area contributed by atoms with Gasteiger partial charge in [-0.25, -0.2) is 4.39 Å². The first-order valence-corrected chi connectivity index (χ1v) is 8.73. The predicted octanol–water partition coefficient (Wildman–Crippen LogP) is 4.91. The van der Waals surface area contributed by atoms with E-state index in [0.717, 1.165) is 11.8 Å². The summed E-state index contributed by atoms with van der Waals surface area (Å²) in [5, 5.41) is 11.3. The summed E-state index contributed by atoms with van der Waals surface area (Å²) in [7, 11) is 0. The third-order valence-corrected chi connectivity index (χ3v) is 4.41. The van der Waals surface area contributed by atoms with Crippen LogP contribution in [0.3, 0.4) is 0 Å². The molecule has 1 aromatic heterocycles. The number of nitrogens with zero attached hydrogens (tertiary/aromatic N) is 2. The number of carbonyl (C=O) groups is 1. The van der Waals surface area contributed by atoms with E-state index < -0.39 is 5.82 Å². The highest BCUT2D eigenvalue weighted by atomic mass is 35.5. The highest BCUT2D eigenvalue weighted by molar-refractivity contribution is 7.99. The maximum Gasteiger partial charge on any atom is 0.277 e. The molecule has 0 unspecified atom stereocenters. The minimum atomic E-state index is -0.502. The zero-order valence-electron chi connectivity index (χ0n) is 12.5. The van der Waals surface area contributed by atoms with E-state index in [2.05, 4.69) is 15.5 Å². The van der Waals surface area contributed by atoms with Crippen LogP contribution in [-0.4, -0.2) is 21.9 Å². The number of nitrogens with one attached hydrogen (secondary N) is 1. The van der Waals surface area contributed by atoms with Crippen LogP contribution in [0.2, 0.25) is 10.0 Å². The number of halogens is 3. The van der Waals surface area contributed by atoms with Crippen LogP contribution in [0, 0.1) is 5.82 Å². The maximum absolute atomic E-state index is 13.5. The van der Waals surface area contributed by atoms with Gasteiger partial charge in [-0.2, -0.15) is 0 Å². The number of hydrogen-bond donors (Lipinski definition) is 1. The van der Waals surface area contributed by atoms with Crippen molar-refractivity contribution in [3.8, 4) is 11.5 Å². The number of carbonyl (C=O) groups excluding carboxylic acids is 1. The summed E-state index contributed by atoms with van der Waals surface area (Å²) < 4.78 is 19.0. The van der Waals surface area contributed by atoms with Gasteiger partial charge in [-0.1, -0.05) is 47.1 Å². The second-order valence-electron chi connectivity index (χ2n) is 4.81. The van der Waals surface area contributed by atoms with Crippen molar-refractivity contribution < 1.29 is 13.6 Å². The smallest absolute Gasteiger partial charge is 0.277 e. The molecule has 1 amide bonds. The minimum absolute atomic E-state index is 0.00961. The van der Waals surface area contributed by atoms with E-state index in [-0.39, 0.29) is 28.5 Å². The summed E-state index contributed by atoms with van der Waals surface area (Å²) in [6.07, 6.45) is 0. The number of thioether (sulfide) groups is 1. The van der Waals surface area contributed by atoms with Gasteiger partial charge in [-0.15, -0.1) is 10.2 Å². The second-order valence-corrected chi connectivity index (χ2v) is 6.58. The predicted molar refractivity (Wildman–Crippen MR) is 95.5 cm³/mol. The summed E-state index contributed by atoms with van der Waals surface area (Å²) in [4.78, 5) is 11.9. The summed E-state index contributed by atoms with van der Waals surface area (Å²) in [6.45, 7) is 0. The SMILES string of the molecule is O=C(CSc1nnc(-c2ccc(Cl)cc2Cl)o1)Nc1ccccc1F. The second kappa shape index (κ2) is 7.86. The number of rotatable bonds is 5. The van der Waals surface area contributed by atoms with Crippen molar-refractivity contribution >= 4 is 46.6 Å². The van der Waals surface area contributed by atoms with Crippen LogP contribution in [0.25, 0.3) is 11.5 Å². The largest absolute Gasteiger partial charge is 0.411 e. The first-order valence-electron chi connectivity index (χ1n) is 6.99. The molecule has 3 aromatic rings. The van der Waals surface area contributed by atoms with Crippen molar-refractivity contribution in [1.82, 2.24) is 10.2 Å². The van der Waals surface area contributed by atoms with Crippen LogP contribution >= 0.6 is 35.0 Å². The molecule has 25 heavy (non-hydrogen) atoms. The molecule has 0 radical (unpaired) electrons. The standard InChI is InChI=1S/C16H10Cl2FN3O2S/c17-9-5-6-10(11(18)7-9)15-21-22-16(24-15)25-8-14(23)20-13-4-2-1-3-12(13)19/h1-7H,8H2,(H,20,23). The van der Waals surface area contributed by atoms with Gasteiger partial charge in [0, 0.05) is 5.02 Å². The Bertz CT molecular complexity index is 920. The molecule has 0 saturated heterocycles. The van der Waals surface area contributed by atoms with E-state index in [0.29, 0.717) is 15.6 Å². The van der Waals surface area contributed by atoms with E-state index in [1.165, 1.54) is 12.1 Å². The van der Waals surface area contributed by atoms with Gasteiger partial charge in [0.15, 0.2) is 0 Å². The molecule has 0 fully saturated rings. The van der Waals surface area contributed by atoms with E-state index in [9.17, 15) is 9.18 Å². The van der Waals surface area contributed by atoms with Crippen LogP contribution in [0.5, 0.6) is 0 Å².